The molecule has 5 nitrogen and oxygen atoms in total. The minimum absolute atomic E-state index is 0.260. The predicted molar refractivity (Wildman–Crippen MR) is 68.0 cm³/mol. The van der Waals surface area contributed by atoms with E-state index in [2.05, 4.69) is 10.1 Å². The molecule has 1 aromatic carbocycles. The van der Waals surface area contributed by atoms with E-state index >= 15 is 0 Å². The predicted octanol–water partition coefficient (Wildman–Crippen LogP) is 2.46. The zero-order chi connectivity index (χ0) is 13.1. The first-order valence-corrected chi connectivity index (χ1v) is 6.41. The average Bonchev–Trinajstić information content (AvgIpc) is 3.09. The van der Waals surface area contributed by atoms with Crippen LogP contribution in [0.5, 0.6) is 5.75 Å². The Morgan fingerprint density at radius 2 is 2.26 bits per heavy atom. The van der Waals surface area contributed by atoms with Crippen molar-refractivity contribution in [3.63, 3.8) is 0 Å². The van der Waals surface area contributed by atoms with Crippen LogP contribution in [0.1, 0.15) is 29.6 Å². The second-order valence-corrected chi connectivity index (χ2v) is 4.66. The monoisotopic (exact) mass is 260 g/mol. The number of benzene rings is 1. The van der Waals surface area contributed by atoms with E-state index in [1.54, 1.807) is 0 Å². The molecule has 0 radical (unpaired) electrons. The molecule has 0 saturated carbocycles. The van der Waals surface area contributed by atoms with Crippen LogP contribution >= 0.6 is 0 Å². The summed E-state index contributed by atoms with van der Waals surface area (Å²) in [5, 5.41) is 3.99. The molecule has 19 heavy (non-hydrogen) atoms. The van der Waals surface area contributed by atoms with Crippen LogP contribution in [0.3, 0.4) is 0 Å². The summed E-state index contributed by atoms with van der Waals surface area (Å²) in [6.45, 7) is 3.75. The summed E-state index contributed by atoms with van der Waals surface area (Å²) in [5.74, 6) is 2.33. The molecule has 0 aliphatic carbocycles. The lowest BCUT2D eigenvalue weighted by molar-refractivity contribution is 0.192. The lowest BCUT2D eigenvalue weighted by atomic mass is 10.1. The summed E-state index contributed by atoms with van der Waals surface area (Å²) in [5.41, 5.74) is 1.09. The van der Waals surface area contributed by atoms with Crippen molar-refractivity contribution in [2.45, 2.75) is 25.9 Å². The molecular formula is C14H16N2O3. The summed E-state index contributed by atoms with van der Waals surface area (Å²) >= 11 is 0. The van der Waals surface area contributed by atoms with Gasteiger partial charge in [-0.2, -0.15) is 4.98 Å². The van der Waals surface area contributed by atoms with Gasteiger partial charge in [0.05, 0.1) is 6.61 Å². The van der Waals surface area contributed by atoms with E-state index in [4.69, 9.17) is 14.0 Å². The van der Waals surface area contributed by atoms with Crippen LogP contribution in [0.2, 0.25) is 0 Å². The van der Waals surface area contributed by atoms with Gasteiger partial charge in [0, 0.05) is 12.5 Å². The second-order valence-electron chi connectivity index (χ2n) is 4.66. The van der Waals surface area contributed by atoms with Gasteiger partial charge < -0.3 is 14.0 Å². The Morgan fingerprint density at radius 3 is 3.05 bits per heavy atom. The fraction of sp³-hybridized carbons (Fsp3) is 0.429. The smallest absolute Gasteiger partial charge is 0.264 e. The lowest BCUT2D eigenvalue weighted by Crippen LogP contribution is -2.01. The van der Waals surface area contributed by atoms with Gasteiger partial charge in [-0.25, -0.2) is 0 Å². The van der Waals surface area contributed by atoms with Crippen molar-refractivity contribution >= 4 is 0 Å². The minimum atomic E-state index is 0.260. The van der Waals surface area contributed by atoms with Gasteiger partial charge in [-0.1, -0.05) is 23.4 Å². The second kappa shape index (κ2) is 5.40. The number of para-hydroxylation sites is 1. The molecule has 2 heterocycles. The molecule has 1 aliphatic heterocycles. The van der Waals surface area contributed by atoms with E-state index < -0.39 is 0 Å². The zero-order valence-electron chi connectivity index (χ0n) is 10.8. The van der Waals surface area contributed by atoms with Crippen molar-refractivity contribution in [1.29, 1.82) is 0 Å². The molecule has 1 aliphatic rings. The molecule has 2 aromatic rings. The Kier molecular flexibility index (Phi) is 3.46. The summed E-state index contributed by atoms with van der Waals surface area (Å²) in [7, 11) is 0. The van der Waals surface area contributed by atoms with Gasteiger partial charge in [-0.05, 0) is 25.0 Å². The maximum atomic E-state index is 5.67. The van der Waals surface area contributed by atoms with E-state index in [1.807, 2.05) is 31.2 Å². The zero-order valence-corrected chi connectivity index (χ0v) is 10.8. The average molecular weight is 260 g/mol. The molecule has 0 N–H and O–H groups in total. The van der Waals surface area contributed by atoms with Gasteiger partial charge in [0.1, 0.15) is 5.75 Å². The summed E-state index contributed by atoms with van der Waals surface area (Å²) in [6, 6.07) is 7.85. The number of hydrogen-bond donors (Lipinski definition) is 0. The lowest BCUT2D eigenvalue weighted by Gasteiger charge is -2.05. The van der Waals surface area contributed by atoms with Crippen LogP contribution in [0.15, 0.2) is 28.8 Å². The highest BCUT2D eigenvalue weighted by Gasteiger charge is 2.23. The maximum absolute atomic E-state index is 5.67. The summed E-state index contributed by atoms with van der Waals surface area (Å²) in [4.78, 5) is 4.35. The fourth-order valence-corrected chi connectivity index (χ4v) is 2.09. The van der Waals surface area contributed by atoms with E-state index in [9.17, 15) is 0 Å². The number of nitrogens with zero attached hydrogens (tertiary/aromatic N) is 2. The van der Waals surface area contributed by atoms with Crippen LogP contribution in [-0.4, -0.2) is 23.4 Å². The normalized spacial score (nSPS) is 18.7. The Labute approximate surface area is 111 Å². The van der Waals surface area contributed by atoms with E-state index in [0.717, 1.165) is 30.2 Å². The molecule has 100 valence electrons. The van der Waals surface area contributed by atoms with Gasteiger partial charge in [-0.3, -0.25) is 0 Å². The van der Waals surface area contributed by atoms with Crippen molar-refractivity contribution in [3.05, 3.63) is 41.5 Å². The molecule has 1 atom stereocenters. The Bertz CT molecular complexity index is 547. The third-order valence-corrected chi connectivity index (χ3v) is 3.22. The number of ether oxygens (including phenoxy) is 2. The Hall–Kier alpha value is -1.88. The fourth-order valence-electron chi connectivity index (χ4n) is 2.09. The van der Waals surface area contributed by atoms with Gasteiger partial charge in [0.2, 0.25) is 0 Å². The highest BCUT2D eigenvalue weighted by molar-refractivity contribution is 5.31. The van der Waals surface area contributed by atoms with Crippen LogP contribution < -0.4 is 4.74 Å². The molecule has 0 amide bonds. The summed E-state index contributed by atoms with van der Waals surface area (Å²) in [6.07, 6.45) is 0.956. The molecule has 1 fully saturated rings. The van der Waals surface area contributed by atoms with E-state index in [0.29, 0.717) is 19.1 Å². The quantitative estimate of drug-likeness (QED) is 0.845. The van der Waals surface area contributed by atoms with Crippen LogP contribution in [-0.2, 0) is 11.3 Å². The first-order chi connectivity index (χ1) is 9.33. The molecule has 1 saturated heterocycles. The van der Waals surface area contributed by atoms with Crippen molar-refractivity contribution in [2.24, 2.45) is 0 Å². The molecule has 3 rings (SSSR count). The molecular weight excluding hydrogens is 244 g/mol. The van der Waals surface area contributed by atoms with Gasteiger partial charge in [0.25, 0.3) is 5.89 Å². The molecule has 0 spiro atoms. The van der Waals surface area contributed by atoms with Crippen molar-refractivity contribution in [1.82, 2.24) is 10.1 Å². The molecule has 1 aromatic heterocycles. The molecule has 5 heteroatoms. The van der Waals surface area contributed by atoms with Crippen LogP contribution in [0.4, 0.5) is 0 Å². The van der Waals surface area contributed by atoms with Gasteiger partial charge in [-0.15, -0.1) is 0 Å². The Balaban J connectivity index is 1.63. The SMILES string of the molecule is Cc1ccccc1OCc1nc([C@H]2CCOC2)no1. The third-order valence-electron chi connectivity index (χ3n) is 3.22. The first-order valence-electron chi connectivity index (χ1n) is 6.41. The van der Waals surface area contributed by atoms with Gasteiger partial charge >= 0.3 is 0 Å². The number of aromatic nitrogens is 2. The largest absolute Gasteiger partial charge is 0.483 e. The van der Waals surface area contributed by atoms with E-state index in [1.165, 1.54) is 0 Å². The standard InChI is InChI=1S/C14H16N2O3/c1-10-4-2-3-5-12(10)18-9-13-15-14(16-19-13)11-6-7-17-8-11/h2-5,11H,6-9H2,1H3/t11-/m0/s1. The van der Waals surface area contributed by atoms with E-state index in [-0.39, 0.29) is 5.92 Å². The number of aryl methyl sites for hydroxylation is 1. The minimum Gasteiger partial charge on any atom is -0.483 e. The van der Waals surface area contributed by atoms with Crippen molar-refractivity contribution in [3.8, 4) is 5.75 Å². The number of rotatable bonds is 4. The number of hydrogen-bond acceptors (Lipinski definition) is 5. The third kappa shape index (κ3) is 2.76. The highest BCUT2D eigenvalue weighted by atomic mass is 16.5. The van der Waals surface area contributed by atoms with Gasteiger partial charge in [0.15, 0.2) is 12.4 Å². The highest BCUT2D eigenvalue weighted by Crippen LogP contribution is 2.23. The topological polar surface area (TPSA) is 57.4 Å². The first kappa shape index (κ1) is 12.2. The Morgan fingerprint density at radius 1 is 1.37 bits per heavy atom. The molecule has 0 unspecified atom stereocenters. The van der Waals surface area contributed by atoms with Crippen molar-refractivity contribution < 1.29 is 14.0 Å². The maximum Gasteiger partial charge on any atom is 0.264 e. The van der Waals surface area contributed by atoms with Crippen LogP contribution in [0.25, 0.3) is 0 Å². The van der Waals surface area contributed by atoms with Crippen LogP contribution in [0, 0.1) is 6.92 Å². The van der Waals surface area contributed by atoms with Crippen molar-refractivity contribution in [2.75, 3.05) is 13.2 Å². The summed E-state index contributed by atoms with van der Waals surface area (Å²) < 4.78 is 16.2. The molecule has 0 bridgehead atoms.